The number of aliphatic imine (C=N–C) groups is 1. The second-order valence-corrected chi connectivity index (χ2v) is 6.97. The molecule has 1 unspecified atom stereocenters. The molecule has 0 amide bonds. The number of hydrogen-bond acceptors (Lipinski definition) is 3. The van der Waals surface area contributed by atoms with Crippen LogP contribution < -0.4 is 5.32 Å². The Kier molecular flexibility index (Phi) is 9.61. The topological polar surface area (TPSA) is 58.3 Å². The van der Waals surface area contributed by atoms with Crippen LogP contribution in [0.25, 0.3) is 0 Å². The molecule has 0 saturated carbocycles. The Balaban J connectivity index is 0.00000288. The maximum Gasteiger partial charge on any atom is 0.194 e. The molecule has 1 fully saturated rings. The first-order valence-corrected chi connectivity index (χ1v) is 9.00. The number of guanidine groups is 1. The summed E-state index contributed by atoms with van der Waals surface area (Å²) < 4.78 is 2.12. The van der Waals surface area contributed by atoms with Crippen molar-refractivity contribution in [3.8, 4) is 0 Å². The molecule has 7 heteroatoms. The summed E-state index contributed by atoms with van der Waals surface area (Å²) in [5.41, 5.74) is 0. The monoisotopic (exact) mass is 448 g/mol. The molecule has 0 spiro atoms. The van der Waals surface area contributed by atoms with Crippen molar-refractivity contribution in [3.05, 3.63) is 12.2 Å². The van der Waals surface area contributed by atoms with Gasteiger partial charge in [0, 0.05) is 39.1 Å². The van der Waals surface area contributed by atoms with Gasteiger partial charge >= 0.3 is 0 Å². The highest BCUT2D eigenvalue weighted by molar-refractivity contribution is 14.0. The van der Waals surface area contributed by atoms with E-state index >= 15 is 0 Å². The van der Waals surface area contributed by atoms with Gasteiger partial charge in [-0.2, -0.15) is 0 Å². The molecular weight excluding hydrogens is 415 g/mol. The Bertz CT molecular complexity index is 499. The van der Waals surface area contributed by atoms with E-state index in [0.717, 1.165) is 56.8 Å². The fourth-order valence-electron chi connectivity index (χ4n) is 2.95. The van der Waals surface area contributed by atoms with E-state index in [1.54, 1.807) is 0 Å². The zero-order chi connectivity index (χ0) is 16.7. The summed E-state index contributed by atoms with van der Waals surface area (Å²) in [6.45, 7) is 13.7. The number of aromatic nitrogens is 3. The molecule has 1 saturated heterocycles. The Hall–Kier alpha value is -0.860. The van der Waals surface area contributed by atoms with Gasteiger partial charge in [0.2, 0.25) is 0 Å². The first-order valence-electron chi connectivity index (χ1n) is 9.00. The van der Waals surface area contributed by atoms with Gasteiger partial charge in [-0.1, -0.05) is 27.7 Å². The lowest BCUT2D eigenvalue weighted by molar-refractivity contribution is 0.265. The van der Waals surface area contributed by atoms with Gasteiger partial charge in [0.1, 0.15) is 12.2 Å². The fourth-order valence-corrected chi connectivity index (χ4v) is 2.95. The molecule has 1 aromatic heterocycles. The first-order chi connectivity index (χ1) is 11.1. The second-order valence-electron chi connectivity index (χ2n) is 6.97. The molecule has 0 aromatic carbocycles. The van der Waals surface area contributed by atoms with Crippen molar-refractivity contribution >= 4 is 29.9 Å². The molecule has 24 heavy (non-hydrogen) atoms. The molecule has 0 bridgehead atoms. The van der Waals surface area contributed by atoms with Crippen LogP contribution in [0.4, 0.5) is 0 Å². The van der Waals surface area contributed by atoms with Crippen molar-refractivity contribution in [1.82, 2.24) is 25.0 Å². The average molecular weight is 448 g/mol. The number of aryl methyl sites for hydroxylation is 1. The number of nitrogens with zero attached hydrogens (tertiary/aromatic N) is 5. The SMILES string of the molecule is CCc1nncn1CCNC(=NCC(C)C)N1CCCC(C)C1.I. The smallest absolute Gasteiger partial charge is 0.194 e. The molecule has 1 atom stereocenters. The molecule has 0 aliphatic carbocycles. The molecule has 6 nitrogen and oxygen atoms in total. The third kappa shape index (κ3) is 6.57. The highest BCUT2D eigenvalue weighted by Gasteiger charge is 2.19. The lowest BCUT2D eigenvalue weighted by Gasteiger charge is -2.34. The average Bonchev–Trinajstić information content (AvgIpc) is 2.97. The van der Waals surface area contributed by atoms with Gasteiger partial charge in [-0.15, -0.1) is 34.2 Å². The number of likely N-dealkylation sites (tertiary alicyclic amines) is 1. The molecule has 1 N–H and O–H groups in total. The van der Waals surface area contributed by atoms with Crippen LogP contribution in [0.3, 0.4) is 0 Å². The molecule has 2 rings (SSSR count). The van der Waals surface area contributed by atoms with Crippen LogP contribution in [-0.4, -0.2) is 51.8 Å². The predicted octanol–water partition coefficient (Wildman–Crippen LogP) is 2.79. The normalized spacial score (nSPS) is 18.6. The Morgan fingerprint density at radius 2 is 2.25 bits per heavy atom. The highest BCUT2D eigenvalue weighted by atomic mass is 127. The third-order valence-electron chi connectivity index (χ3n) is 4.21. The van der Waals surface area contributed by atoms with Crippen molar-refractivity contribution in [2.45, 2.75) is 53.5 Å². The molecule has 1 aliphatic rings. The number of piperidine rings is 1. The van der Waals surface area contributed by atoms with Gasteiger partial charge in [-0.25, -0.2) is 0 Å². The van der Waals surface area contributed by atoms with Crippen LogP contribution in [0.1, 0.15) is 46.4 Å². The number of halogens is 1. The van der Waals surface area contributed by atoms with Crippen LogP contribution in [0, 0.1) is 11.8 Å². The quantitative estimate of drug-likeness (QED) is 0.413. The van der Waals surface area contributed by atoms with Crippen LogP contribution in [-0.2, 0) is 13.0 Å². The summed E-state index contributed by atoms with van der Waals surface area (Å²) in [6, 6.07) is 0. The molecular formula is C17H33IN6. The summed E-state index contributed by atoms with van der Waals surface area (Å²) in [5.74, 6) is 3.44. The maximum absolute atomic E-state index is 4.83. The highest BCUT2D eigenvalue weighted by Crippen LogP contribution is 2.15. The van der Waals surface area contributed by atoms with Gasteiger partial charge in [-0.05, 0) is 24.7 Å². The molecule has 0 radical (unpaired) electrons. The van der Waals surface area contributed by atoms with Gasteiger partial charge in [0.25, 0.3) is 0 Å². The maximum atomic E-state index is 4.83. The summed E-state index contributed by atoms with van der Waals surface area (Å²) in [4.78, 5) is 7.25. The summed E-state index contributed by atoms with van der Waals surface area (Å²) >= 11 is 0. The zero-order valence-electron chi connectivity index (χ0n) is 15.5. The van der Waals surface area contributed by atoms with Crippen LogP contribution in [0.2, 0.25) is 0 Å². The van der Waals surface area contributed by atoms with E-state index < -0.39 is 0 Å². The van der Waals surface area contributed by atoms with Gasteiger partial charge in [0.15, 0.2) is 5.96 Å². The standard InChI is InChI=1S/C17H32N6.HI/c1-5-16-21-20-13-23(16)10-8-18-17(19-11-14(2)3)22-9-6-7-15(4)12-22;/h13-15H,5-12H2,1-4H3,(H,18,19);1H. The second kappa shape index (κ2) is 10.9. The Morgan fingerprint density at radius 3 is 2.92 bits per heavy atom. The van der Waals surface area contributed by atoms with Crippen LogP contribution in [0.15, 0.2) is 11.3 Å². The minimum atomic E-state index is 0. The van der Waals surface area contributed by atoms with Crippen molar-refractivity contribution < 1.29 is 0 Å². The summed E-state index contributed by atoms with van der Waals surface area (Å²) in [7, 11) is 0. The van der Waals surface area contributed by atoms with E-state index in [2.05, 4.69) is 52.7 Å². The van der Waals surface area contributed by atoms with Gasteiger partial charge in [-0.3, -0.25) is 4.99 Å². The van der Waals surface area contributed by atoms with Gasteiger partial charge in [0.05, 0.1) is 0 Å². The molecule has 138 valence electrons. The minimum Gasteiger partial charge on any atom is -0.354 e. The van der Waals surface area contributed by atoms with Crippen molar-refractivity contribution in [2.75, 3.05) is 26.2 Å². The third-order valence-corrected chi connectivity index (χ3v) is 4.21. The van der Waals surface area contributed by atoms with E-state index in [9.17, 15) is 0 Å². The number of hydrogen-bond donors (Lipinski definition) is 1. The fraction of sp³-hybridized carbons (Fsp3) is 0.824. The van der Waals surface area contributed by atoms with Crippen molar-refractivity contribution in [1.29, 1.82) is 0 Å². The largest absolute Gasteiger partial charge is 0.354 e. The van der Waals surface area contributed by atoms with E-state index in [0.29, 0.717) is 5.92 Å². The summed E-state index contributed by atoms with van der Waals surface area (Å²) in [6.07, 6.45) is 5.32. The molecule has 1 aromatic rings. The van der Waals surface area contributed by atoms with Crippen molar-refractivity contribution in [2.24, 2.45) is 16.8 Å². The summed E-state index contributed by atoms with van der Waals surface area (Å²) in [5, 5.41) is 11.7. The van der Waals surface area contributed by atoms with E-state index in [1.165, 1.54) is 12.8 Å². The number of nitrogens with one attached hydrogen (secondary N) is 1. The lowest BCUT2D eigenvalue weighted by atomic mass is 10.0. The Labute approximate surface area is 163 Å². The van der Waals surface area contributed by atoms with Crippen LogP contribution >= 0.6 is 24.0 Å². The van der Waals surface area contributed by atoms with E-state index in [4.69, 9.17) is 4.99 Å². The first kappa shape index (κ1) is 21.2. The van der Waals surface area contributed by atoms with Crippen molar-refractivity contribution in [3.63, 3.8) is 0 Å². The van der Waals surface area contributed by atoms with Gasteiger partial charge < -0.3 is 14.8 Å². The predicted molar refractivity (Wildman–Crippen MR) is 110 cm³/mol. The Morgan fingerprint density at radius 1 is 1.46 bits per heavy atom. The minimum absolute atomic E-state index is 0. The zero-order valence-corrected chi connectivity index (χ0v) is 17.9. The lowest BCUT2D eigenvalue weighted by Crippen LogP contribution is -2.47. The van der Waals surface area contributed by atoms with E-state index in [1.807, 2.05) is 6.33 Å². The molecule has 1 aliphatic heterocycles. The van der Waals surface area contributed by atoms with E-state index in [-0.39, 0.29) is 24.0 Å². The number of rotatable bonds is 6. The van der Waals surface area contributed by atoms with Crippen LogP contribution in [0.5, 0.6) is 0 Å². The molecule has 2 heterocycles.